The maximum Gasteiger partial charge on any atom is 0.160 e. The van der Waals surface area contributed by atoms with Crippen molar-refractivity contribution in [2.24, 2.45) is 0 Å². The number of aryl methyl sites for hydroxylation is 2. The molecule has 6 heteroatoms. The Kier molecular flexibility index (Phi) is 13.6. The highest BCUT2D eigenvalue weighted by Crippen LogP contribution is 2.53. The SMILES string of the molecule is Cc1ccc(N(c2ccccc2)c2ccc3c(c2)oc2c(N(c4ccccc4)c4cccc(-c5ccccc5)c4)cc4c(cc(N(c5ccccc5)c5cccc(-c6ccccc6)c5)c5oc6cc(N(c7ccccc7)c7ccc(C)cc7)ccc6c54)c23)cc1. The van der Waals surface area contributed by atoms with Crippen molar-refractivity contribution in [3.63, 3.8) is 0 Å². The summed E-state index contributed by atoms with van der Waals surface area (Å²) in [5, 5.41) is 5.98. The summed E-state index contributed by atoms with van der Waals surface area (Å²) in [6.45, 7) is 4.26. The standard InChI is InChI=1S/C84H60N4O2/c1-57-39-43-67(44-40-57)85(63-29-13-5-14-30-63)71-47-49-73-79(53-71)89-83-77(87(65-33-17-7-18-34-65)69-37-21-27-61(51-69)59-23-9-3-10-24-59)56-76-75(81(73)83)55-78(88(66-35-19-8-20-36-66)70-38-22-28-62(52-70)60-25-11-4-12-26-60)84-82(76)74-50-48-72(54-80(74)90-84)86(64-31-15-6-16-32-64)68-45-41-58(2)42-46-68/h3-56H,1-2H3. The van der Waals surface area contributed by atoms with E-state index in [1.807, 2.05) is 0 Å². The number of anilines is 12. The Hall–Kier alpha value is -11.9. The second kappa shape index (κ2) is 22.8. The molecule has 0 aliphatic heterocycles. The predicted molar refractivity (Wildman–Crippen MR) is 378 cm³/mol. The highest BCUT2D eigenvalue weighted by Gasteiger charge is 2.29. The lowest BCUT2D eigenvalue weighted by Gasteiger charge is -2.28. The minimum atomic E-state index is 0.750. The van der Waals surface area contributed by atoms with Gasteiger partial charge in [0.2, 0.25) is 0 Å². The third kappa shape index (κ3) is 9.74. The quantitative estimate of drug-likeness (QED) is 0.108. The number of nitrogens with zero attached hydrogens (tertiary/aromatic N) is 4. The van der Waals surface area contributed by atoms with Crippen molar-refractivity contribution < 1.29 is 8.83 Å². The topological polar surface area (TPSA) is 39.2 Å². The van der Waals surface area contributed by atoms with Crippen LogP contribution < -0.4 is 19.6 Å². The van der Waals surface area contributed by atoms with Gasteiger partial charge in [-0.15, -0.1) is 0 Å². The molecule has 0 radical (unpaired) electrons. The van der Waals surface area contributed by atoms with Gasteiger partial charge >= 0.3 is 0 Å². The first-order valence-corrected chi connectivity index (χ1v) is 30.6. The van der Waals surface area contributed by atoms with Crippen LogP contribution in [0.5, 0.6) is 0 Å². The Morgan fingerprint density at radius 2 is 0.489 bits per heavy atom. The molecule has 0 aliphatic rings. The van der Waals surface area contributed by atoms with Crippen LogP contribution in [0, 0.1) is 13.8 Å². The highest BCUT2D eigenvalue weighted by molar-refractivity contribution is 6.32. The van der Waals surface area contributed by atoms with E-state index >= 15 is 0 Å². The van der Waals surface area contributed by atoms with E-state index in [1.165, 1.54) is 11.1 Å². The van der Waals surface area contributed by atoms with Gasteiger partial charge in [-0.1, -0.05) is 193 Å². The zero-order valence-electron chi connectivity index (χ0n) is 49.8. The number of benzene rings is 14. The molecule has 6 nitrogen and oxygen atoms in total. The minimum absolute atomic E-state index is 0.750. The van der Waals surface area contributed by atoms with Crippen LogP contribution in [0.15, 0.2) is 336 Å². The molecule has 0 spiro atoms. The molecule has 0 aliphatic carbocycles. The van der Waals surface area contributed by atoms with Gasteiger partial charge in [-0.2, -0.15) is 0 Å². The predicted octanol–water partition coefficient (Wildman–Crippen LogP) is 24.5. The van der Waals surface area contributed by atoms with E-state index in [9.17, 15) is 0 Å². The largest absolute Gasteiger partial charge is 0.454 e. The van der Waals surface area contributed by atoms with Crippen LogP contribution in [0.4, 0.5) is 68.2 Å². The summed E-state index contributed by atoms with van der Waals surface area (Å²) in [6, 6.07) is 117. The summed E-state index contributed by atoms with van der Waals surface area (Å²) in [7, 11) is 0. The Balaban J connectivity index is 1.04. The van der Waals surface area contributed by atoms with E-state index in [4.69, 9.17) is 8.83 Å². The van der Waals surface area contributed by atoms with E-state index in [0.29, 0.717) is 0 Å². The van der Waals surface area contributed by atoms with Gasteiger partial charge in [0.25, 0.3) is 0 Å². The molecule has 0 N–H and O–H groups in total. The van der Waals surface area contributed by atoms with E-state index < -0.39 is 0 Å². The van der Waals surface area contributed by atoms with Crippen LogP contribution >= 0.6 is 0 Å². The van der Waals surface area contributed by atoms with Gasteiger partial charge < -0.3 is 28.4 Å². The summed E-state index contributed by atoms with van der Waals surface area (Å²) in [4.78, 5) is 9.35. The lowest BCUT2D eigenvalue weighted by molar-refractivity contribution is 0.668. The number of rotatable bonds is 14. The van der Waals surface area contributed by atoms with E-state index in [2.05, 4.69) is 361 Å². The van der Waals surface area contributed by atoms with Crippen LogP contribution in [0.2, 0.25) is 0 Å². The number of para-hydroxylation sites is 4. The third-order valence-electron chi connectivity index (χ3n) is 17.3. The molecule has 0 saturated heterocycles. The van der Waals surface area contributed by atoms with Crippen molar-refractivity contribution >= 4 is 123 Å². The molecule has 16 aromatic rings. The van der Waals surface area contributed by atoms with Crippen molar-refractivity contribution in [2.75, 3.05) is 19.6 Å². The Labute approximate surface area is 523 Å². The third-order valence-corrected chi connectivity index (χ3v) is 17.3. The fourth-order valence-electron chi connectivity index (χ4n) is 13.0. The molecule has 0 unspecified atom stereocenters. The first-order valence-electron chi connectivity index (χ1n) is 30.6. The molecular formula is C84H60N4O2. The van der Waals surface area contributed by atoms with Gasteiger partial charge in [0.15, 0.2) is 11.2 Å². The molecule has 0 atom stereocenters. The number of hydrogen-bond donors (Lipinski definition) is 0. The first-order chi connectivity index (χ1) is 44.5. The molecule has 0 saturated carbocycles. The molecule has 428 valence electrons. The highest BCUT2D eigenvalue weighted by atomic mass is 16.3. The van der Waals surface area contributed by atoms with E-state index in [0.717, 1.165) is 145 Å². The molecule has 90 heavy (non-hydrogen) atoms. The Morgan fingerprint density at radius 1 is 0.211 bits per heavy atom. The molecular weight excluding hydrogens is 1100 g/mol. The number of furan rings is 2. The van der Waals surface area contributed by atoms with Gasteiger partial charge in [0.1, 0.15) is 11.2 Å². The molecule has 0 bridgehead atoms. The molecule has 16 rings (SSSR count). The van der Waals surface area contributed by atoms with Crippen molar-refractivity contribution in [3.8, 4) is 22.3 Å². The number of fused-ring (bicyclic) bond motifs is 9. The van der Waals surface area contributed by atoms with Crippen molar-refractivity contribution in [1.82, 2.24) is 0 Å². The fourth-order valence-corrected chi connectivity index (χ4v) is 13.0. The normalized spacial score (nSPS) is 11.4. The van der Waals surface area contributed by atoms with E-state index in [1.54, 1.807) is 0 Å². The van der Waals surface area contributed by atoms with Crippen LogP contribution in [0.25, 0.3) is 76.9 Å². The van der Waals surface area contributed by atoms with Gasteiger partial charge in [-0.25, -0.2) is 0 Å². The summed E-state index contributed by atoms with van der Waals surface area (Å²) in [6.07, 6.45) is 0. The lowest BCUT2D eigenvalue weighted by Crippen LogP contribution is -2.11. The second-order valence-electron chi connectivity index (χ2n) is 23.0. The van der Waals surface area contributed by atoms with Gasteiger partial charge in [-0.3, -0.25) is 0 Å². The van der Waals surface area contributed by atoms with E-state index in [-0.39, 0.29) is 0 Å². The van der Waals surface area contributed by atoms with Gasteiger partial charge in [0.05, 0.1) is 11.4 Å². The second-order valence-corrected chi connectivity index (χ2v) is 23.0. The Bertz CT molecular complexity index is 4910. The zero-order valence-corrected chi connectivity index (χ0v) is 49.8. The molecule has 14 aromatic carbocycles. The summed E-state index contributed by atoms with van der Waals surface area (Å²) in [5.74, 6) is 0. The first kappa shape index (κ1) is 53.6. The summed E-state index contributed by atoms with van der Waals surface area (Å²) in [5.41, 5.74) is 21.7. The zero-order chi connectivity index (χ0) is 60.1. The van der Waals surface area contributed by atoms with Crippen molar-refractivity contribution in [2.45, 2.75) is 13.8 Å². The van der Waals surface area contributed by atoms with Gasteiger partial charge in [-0.05, 0) is 180 Å². The monoisotopic (exact) mass is 1160 g/mol. The lowest BCUT2D eigenvalue weighted by atomic mass is 9.95. The smallest absolute Gasteiger partial charge is 0.160 e. The Morgan fingerprint density at radius 3 is 0.844 bits per heavy atom. The number of hydrogen-bond acceptors (Lipinski definition) is 6. The molecule has 0 fully saturated rings. The molecule has 0 amide bonds. The molecule has 2 heterocycles. The van der Waals surface area contributed by atoms with Crippen LogP contribution in [0.3, 0.4) is 0 Å². The maximum absolute atomic E-state index is 7.65. The average Bonchev–Trinajstić information content (AvgIpc) is 1.49. The van der Waals surface area contributed by atoms with Crippen LogP contribution in [0.1, 0.15) is 11.1 Å². The van der Waals surface area contributed by atoms with Crippen molar-refractivity contribution in [1.29, 1.82) is 0 Å². The minimum Gasteiger partial charge on any atom is -0.454 e. The fraction of sp³-hybridized carbons (Fsp3) is 0.0238. The summed E-state index contributed by atoms with van der Waals surface area (Å²) >= 11 is 0. The van der Waals surface area contributed by atoms with Gasteiger partial charge in [0, 0.05) is 90.6 Å². The average molecular weight is 1160 g/mol. The molecule has 2 aromatic heterocycles. The van der Waals surface area contributed by atoms with Crippen LogP contribution in [-0.4, -0.2) is 0 Å². The summed E-state index contributed by atoms with van der Waals surface area (Å²) < 4.78 is 15.3. The van der Waals surface area contributed by atoms with Crippen molar-refractivity contribution in [3.05, 3.63) is 339 Å². The van der Waals surface area contributed by atoms with Crippen LogP contribution in [-0.2, 0) is 0 Å². The maximum atomic E-state index is 7.65.